The van der Waals surface area contributed by atoms with E-state index < -0.39 is 5.54 Å². The lowest BCUT2D eigenvalue weighted by molar-refractivity contribution is -0.133. The van der Waals surface area contributed by atoms with Crippen molar-refractivity contribution in [2.75, 3.05) is 46.0 Å². The summed E-state index contributed by atoms with van der Waals surface area (Å²) in [6, 6.07) is 0. The van der Waals surface area contributed by atoms with Gasteiger partial charge in [0.1, 0.15) is 0 Å². The first kappa shape index (κ1) is 13.4. The molecule has 0 radical (unpaired) electrons. The highest BCUT2D eigenvalue weighted by Gasteiger charge is 2.37. The minimum Gasteiger partial charge on any atom is -0.394 e. The fourth-order valence-electron chi connectivity index (χ4n) is 1.95. The average molecular weight is 232 g/mol. The summed E-state index contributed by atoms with van der Waals surface area (Å²) in [6.07, 6.45) is 0. The van der Waals surface area contributed by atoms with E-state index >= 15 is 0 Å². The summed E-state index contributed by atoms with van der Waals surface area (Å²) < 4.78 is 0. The van der Waals surface area contributed by atoms with E-state index in [1.807, 2.05) is 4.90 Å². The van der Waals surface area contributed by atoms with Crippen molar-refractivity contribution < 1.29 is 20.1 Å². The van der Waals surface area contributed by atoms with Gasteiger partial charge < -0.3 is 20.2 Å². The van der Waals surface area contributed by atoms with Crippen LogP contribution in [0, 0.1) is 0 Å². The second-order valence-corrected chi connectivity index (χ2v) is 4.19. The van der Waals surface area contributed by atoms with Gasteiger partial charge in [0.15, 0.2) is 0 Å². The molecule has 1 fully saturated rings. The van der Waals surface area contributed by atoms with Gasteiger partial charge in [-0.25, -0.2) is 0 Å². The van der Waals surface area contributed by atoms with Gasteiger partial charge in [0, 0.05) is 33.1 Å². The first-order valence-electron chi connectivity index (χ1n) is 5.43. The number of nitrogens with zero attached hydrogens (tertiary/aromatic N) is 2. The summed E-state index contributed by atoms with van der Waals surface area (Å²) in [5.41, 5.74) is -0.969. The Kier molecular flexibility index (Phi) is 4.67. The molecule has 1 aliphatic heterocycles. The number of rotatable bonds is 4. The Balaban J connectivity index is 2.60. The maximum atomic E-state index is 11.1. The zero-order chi connectivity index (χ0) is 12.2. The number of hydrogen-bond acceptors (Lipinski definition) is 5. The van der Waals surface area contributed by atoms with Crippen molar-refractivity contribution in [2.45, 2.75) is 12.5 Å². The zero-order valence-electron chi connectivity index (χ0n) is 9.59. The van der Waals surface area contributed by atoms with Gasteiger partial charge in [0.05, 0.1) is 25.4 Å². The van der Waals surface area contributed by atoms with Crippen molar-refractivity contribution in [3.8, 4) is 0 Å². The molecule has 0 aromatic heterocycles. The molecular weight excluding hydrogens is 212 g/mol. The van der Waals surface area contributed by atoms with Crippen molar-refractivity contribution in [1.82, 2.24) is 9.80 Å². The highest BCUT2D eigenvalue weighted by Crippen LogP contribution is 2.16. The van der Waals surface area contributed by atoms with Crippen molar-refractivity contribution in [3.63, 3.8) is 0 Å². The van der Waals surface area contributed by atoms with E-state index in [4.69, 9.17) is 0 Å². The lowest BCUT2D eigenvalue weighted by atomic mass is 9.99. The smallest absolute Gasteiger partial charge is 0.219 e. The summed E-state index contributed by atoms with van der Waals surface area (Å²) >= 11 is 0. The molecule has 1 amide bonds. The molecule has 0 bridgehead atoms. The summed E-state index contributed by atoms with van der Waals surface area (Å²) in [4.78, 5) is 14.7. The average Bonchev–Trinajstić information content (AvgIpc) is 2.33. The second kappa shape index (κ2) is 5.58. The molecule has 1 aliphatic rings. The SMILES string of the molecule is CC(=O)N1CCN(C(CO)(CO)CO)CC1. The van der Waals surface area contributed by atoms with E-state index in [2.05, 4.69) is 0 Å². The van der Waals surface area contributed by atoms with Crippen LogP contribution in [0.25, 0.3) is 0 Å². The van der Waals surface area contributed by atoms with Crippen LogP contribution in [-0.4, -0.2) is 82.6 Å². The van der Waals surface area contributed by atoms with Crippen LogP contribution in [0.15, 0.2) is 0 Å². The van der Waals surface area contributed by atoms with E-state index in [0.717, 1.165) is 0 Å². The molecule has 0 spiro atoms. The van der Waals surface area contributed by atoms with Gasteiger partial charge >= 0.3 is 0 Å². The van der Waals surface area contributed by atoms with Crippen molar-refractivity contribution in [1.29, 1.82) is 0 Å². The minimum absolute atomic E-state index is 0.0299. The monoisotopic (exact) mass is 232 g/mol. The first-order valence-corrected chi connectivity index (χ1v) is 5.43. The molecule has 94 valence electrons. The molecule has 3 N–H and O–H groups in total. The Morgan fingerprint density at radius 3 is 1.81 bits per heavy atom. The molecule has 1 saturated heterocycles. The van der Waals surface area contributed by atoms with Crippen LogP contribution in [0.4, 0.5) is 0 Å². The Bertz CT molecular complexity index is 227. The second-order valence-electron chi connectivity index (χ2n) is 4.19. The topological polar surface area (TPSA) is 84.2 Å². The molecule has 0 aliphatic carbocycles. The molecule has 1 heterocycles. The lowest BCUT2D eigenvalue weighted by Crippen LogP contribution is -2.63. The molecule has 0 aromatic rings. The summed E-state index contributed by atoms with van der Waals surface area (Å²) in [6.45, 7) is 2.89. The van der Waals surface area contributed by atoms with E-state index in [0.29, 0.717) is 26.2 Å². The molecule has 16 heavy (non-hydrogen) atoms. The van der Waals surface area contributed by atoms with Gasteiger partial charge in [-0.2, -0.15) is 0 Å². The molecule has 0 atom stereocenters. The molecule has 6 nitrogen and oxygen atoms in total. The highest BCUT2D eigenvalue weighted by molar-refractivity contribution is 5.73. The normalized spacial score (nSPS) is 18.9. The van der Waals surface area contributed by atoms with Crippen molar-refractivity contribution >= 4 is 5.91 Å². The van der Waals surface area contributed by atoms with Crippen molar-refractivity contribution in [3.05, 3.63) is 0 Å². The number of hydrogen-bond donors (Lipinski definition) is 3. The van der Waals surface area contributed by atoms with Crippen LogP contribution >= 0.6 is 0 Å². The van der Waals surface area contributed by atoms with Gasteiger partial charge in [-0.1, -0.05) is 0 Å². The first-order chi connectivity index (χ1) is 7.59. The molecule has 0 unspecified atom stereocenters. The third kappa shape index (κ3) is 2.52. The predicted octanol–water partition coefficient (Wildman–Crippen LogP) is -2.13. The molecule has 0 saturated carbocycles. The summed E-state index contributed by atoms with van der Waals surface area (Å²) in [7, 11) is 0. The van der Waals surface area contributed by atoms with Gasteiger partial charge in [0.2, 0.25) is 5.91 Å². The van der Waals surface area contributed by atoms with Crippen LogP contribution in [0.3, 0.4) is 0 Å². The van der Waals surface area contributed by atoms with Crippen LogP contribution in [0.2, 0.25) is 0 Å². The molecular formula is C10H20N2O4. The van der Waals surface area contributed by atoms with Crippen LogP contribution in [0.5, 0.6) is 0 Å². The quantitative estimate of drug-likeness (QED) is 0.515. The summed E-state index contributed by atoms with van der Waals surface area (Å²) in [5.74, 6) is 0.0299. The fraction of sp³-hybridized carbons (Fsp3) is 0.900. The molecule has 1 rings (SSSR count). The van der Waals surface area contributed by atoms with Crippen LogP contribution in [0.1, 0.15) is 6.92 Å². The van der Waals surface area contributed by atoms with E-state index in [1.165, 1.54) is 6.92 Å². The minimum atomic E-state index is -0.969. The molecule has 6 heteroatoms. The number of piperazine rings is 1. The number of carbonyl (C=O) groups is 1. The fourth-order valence-corrected chi connectivity index (χ4v) is 1.95. The van der Waals surface area contributed by atoms with Crippen molar-refractivity contribution in [2.24, 2.45) is 0 Å². The third-order valence-electron chi connectivity index (χ3n) is 3.28. The van der Waals surface area contributed by atoms with Gasteiger partial charge in [-0.05, 0) is 0 Å². The Morgan fingerprint density at radius 2 is 1.50 bits per heavy atom. The van der Waals surface area contributed by atoms with E-state index in [9.17, 15) is 20.1 Å². The number of aliphatic hydroxyl groups is 3. The standard InChI is InChI=1S/C10H20N2O4/c1-9(16)11-2-4-12(5-3-11)10(6-13,7-14)8-15/h13-15H,2-8H2,1H3. The summed E-state index contributed by atoms with van der Waals surface area (Å²) in [5, 5.41) is 27.8. The zero-order valence-corrected chi connectivity index (χ0v) is 9.59. The third-order valence-corrected chi connectivity index (χ3v) is 3.28. The van der Waals surface area contributed by atoms with Gasteiger partial charge in [-0.15, -0.1) is 0 Å². The van der Waals surface area contributed by atoms with E-state index in [-0.39, 0.29) is 25.7 Å². The van der Waals surface area contributed by atoms with Gasteiger partial charge in [0.25, 0.3) is 0 Å². The number of carbonyl (C=O) groups excluding carboxylic acids is 1. The molecule has 0 aromatic carbocycles. The Morgan fingerprint density at radius 1 is 1.06 bits per heavy atom. The maximum Gasteiger partial charge on any atom is 0.219 e. The Hall–Kier alpha value is -0.690. The predicted molar refractivity (Wildman–Crippen MR) is 57.8 cm³/mol. The number of aliphatic hydroxyl groups excluding tert-OH is 3. The maximum absolute atomic E-state index is 11.1. The number of amides is 1. The largest absolute Gasteiger partial charge is 0.394 e. The van der Waals surface area contributed by atoms with E-state index in [1.54, 1.807) is 4.90 Å². The van der Waals surface area contributed by atoms with Gasteiger partial charge in [-0.3, -0.25) is 9.69 Å². The highest BCUT2D eigenvalue weighted by atomic mass is 16.3. The van der Waals surface area contributed by atoms with Crippen LogP contribution < -0.4 is 0 Å². The lowest BCUT2D eigenvalue weighted by Gasteiger charge is -2.44. The van der Waals surface area contributed by atoms with Crippen LogP contribution in [-0.2, 0) is 4.79 Å². The Labute approximate surface area is 95.1 Å².